The molecule has 0 unspecified atom stereocenters. The second kappa shape index (κ2) is 5.82. The summed E-state index contributed by atoms with van der Waals surface area (Å²) < 4.78 is 5.62. The first kappa shape index (κ1) is 14.8. The van der Waals surface area contributed by atoms with E-state index in [4.69, 9.17) is 16.3 Å². The summed E-state index contributed by atoms with van der Waals surface area (Å²) in [6, 6.07) is 0. The highest BCUT2D eigenvalue weighted by Gasteiger charge is 2.19. The minimum Gasteiger partial charge on any atom is -0.370 e. The molecule has 12 heavy (non-hydrogen) atoms. The van der Waals surface area contributed by atoms with E-state index in [1.54, 1.807) is 0 Å². The van der Waals surface area contributed by atoms with Gasteiger partial charge in [-0.25, -0.2) is 0 Å². The van der Waals surface area contributed by atoms with E-state index < -0.39 is 0 Å². The molecule has 0 amide bonds. The molecule has 0 rings (SSSR count). The fraction of sp³-hybridized carbons (Fsp3) is 1.00. The van der Waals surface area contributed by atoms with E-state index in [-0.39, 0.29) is 11.2 Å². The van der Waals surface area contributed by atoms with Crippen LogP contribution in [0.3, 0.4) is 0 Å². The van der Waals surface area contributed by atoms with Gasteiger partial charge in [0.2, 0.25) is 0 Å². The lowest BCUT2D eigenvalue weighted by atomic mass is 10.1. The number of hydrogen-bond donors (Lipinski definition) is 0. The summed E-state index contributed by atoms with van der Waals surface area (Å²) in [5.74, 6) is 0.722. The van der Waals surface area contributed by atoms with Crippen LogP contribution in [0.1, 0.15) is 48.5 Å². The standard InChI is InChI=1S/C8H18O.C2H5Cl/c1-7(2,3)9-8(4,5)6;1-2-3/h1-6H3;2H2,1H3. The van der Waals surface area contributed by atoms with Crippen molar-refractivity contribution >= 4 is 11.6 Å². The van der Waals surface area contributed by atoms with Crippen molar-refractivity contribution in [2.45, 2.75) is 59.7 Å². The van der Waals surface area contributed by atoms with Gasteiger partial charge in [-0.2, -0.15) is 0 Å². The van der Waals surface area contributed by atoms with Gasteiger partial charge in [-0.15, -0.1) is 11.6 Å². The maximum absolute atomic E-state index is 5.62. The third-order valence-corrected chi connectivity index (χ3v) is 0.612. The predicted molar refractivity (Wildman–Crippen MR) is 57.0 cm³/mol. The first-order valence-corrected chi connectivity index (χ1v) is 4.92. The highest BCUT2D eigenvalue weighted by molar-refractivity contribution is 6.17. The number of rotatable bonds is 0. The van der Waals surface area contributed by atoms with Gasteiger partial charge in [0.05, 0.1) is 11.2 Å². The van der Waals surface area contributed by atoms with Crippen LogP contribution >= 0.6 is 11.6 Å². The van der Waals surface area contributed by atoms with Crippen LogP contribution in [0.25, 0.3) is 0 Å². The second-order valence-corrected chi connectivity index (χ2v) is 5.13. The van der Waals surface area contributed by atoms with Crippen LogP contribution in [0.4, 0.5) is 0 Å². The van der Waals surface area contributed by atoms with E-state index >= 15 is 0 Å². The minimum absolute atomic E-state index is 0.0156. The maximum atomic E-state index is 5.62. The van der Waals surface area contributed by atoms with Gasteiger partial charge in [-0.3, -0.25) is 0 Å². The zero-order chi connectivity index (χ0) is 10.4. The molecule has 0 aliphatic carbocycles. The molecule has 0 aliphatic heterocycles. The molecule has 0 aromatic heterocycles. The van der Waals surface area contributed by atoms with Crippen molar-refractivity contribution in [2.75, 3.05) is 5.88 Å². The predicted octanol–water partition coefficient (Wildman–Crippen LogP) is 3.85. The van der Waals surface area contributed by atoms with Crippen LogP contribution in [0.2, 0.25) is 0 Å². The summed E-state index contributed by atoms with van der Waals surface area (Å²) in [5.41, 5.74) is -0.0312. The minimum atomic E-state index is -0.0156. The van der Waals surface area contributed by atoms with Crippen molar-refractivity contribution in [3.8, 4) is 0 Å². The third-order valence-electron chi connectivity index (χ3n) is 0.612. The smallest absolute Gasteiger partial charge is 0.0605 e. The monoisotopic (exact) mass is 194 g/mol. The van der Waals surface area contributed by atoms with Gasteiger partial charge in [0, 0.05) is 5.88 Å². The summed E-state index contributed by atoms with van der Waals surface area (Å²) >= 11 is 5.00. The van der Waals surface area contributed by atoms with E-state index in [0.29, 0.717) is 0 Å². The summed E-state index contributed by atoms with van der Waals surface area (Å²) in [5, 5.41) is 0. The molecule has 2 heteroatoms. The van der Waals surface area contributed by atoms with E-state index in [2.05, 4.69) is 41.5 Å². The largest absolute Gasteiger partial charge is 0.370 e. The van der Waals surface area contributed by atoms with Gasteiger partial charge in [0.15, 0.2) is 0 Å². The average molecular weight is 195 g/mol. The third kappa shape index (κ3) is 22.5. The molecule has 0 atom stereocenters. The maximum Gasteiger partial charge on any atom is 0.0605 e. The summed E-state index contributed by atoms with van der Waals surface area (Å²) in [6.07, 6.45) is 0. The lowest BCUT2D eigenvalue weighted by molar-refractivity contribution is -0.102. The summed E-state index contributed by atoms with van der Waals surface area (Å²) in [4.78, 5) is 0. The van der Waals surface area contributed by atoms with Gasteiger partial charge < -0.3 is 4.74 Å². The Morgan fingerprint density at radius 2 is 1.08 bits per heavy atom. The number of hydrogen-bond acceptors (Lipinski definition) is 1. The molecular formula is C10H23ClO. The van der Waals surface area contributed by atoms with Crippen molar-refractivity contribution < 1.29 is 4.74 Å². The van der Waals surface area contributed by atoms with Crippen LogP contribution in [-0.2, 0) is 4.74 Å². The van der Waals surface area contributed by atoms with Gasteiger partial charge >= 0.3 is 0 Å². The normalized spacial score (nSPS) is 12.0. The van der Waals surface area contributed by atoms with Crippen molar-refractivity contribution in [3.63, 3.8) is 0 Å². The first-order chi connectivity index (χ1) is 5.12. The Kier molecular flexibility index (Phi) is 7.16. The molecular weight excluding hydrogens is 172 g/mol. The van der Waals surface area contributed by atoms with E-state index in [1.165, 1.54) is 0 Å². The fourth-order valence-electron chi connectivity index (χ4n) is 0.919. The second-order valence-electron chi connectivity index (χ2n) is 4.59. The fourth-order valence-corrected chi connectivity index (χ4v) is 0.919. The Morgan fingerprint density at radius 1 is 0.917 bits per heavy atom. The molecule has 0 radical (unpaired) electrons. The van der Waals surface area contributed by atoms with Crippen molar-refractivity contribution in [1.29, 1.82) is 0 Å². The Balaban J connectivity index is 0. The Labute approximate surface area is 82.4 Å². The van der Waals surface area contributed by atoms with Crippen LogP contribution < -0.4 is 0 Å². The highest BCUT2D eigenvalue weighted by Crippen LogP contribution is 2.17. The van der Waals surface area contributed by atoms with Crippen LogP contribution in [0.15, 0.2) is 0 Å². The first-order valence-electron chi connectivity index (χ1n) is 4.38. The van der Waals surface area contributed by atoms with Gasteiger partial charge in [-0.1, -0.05) is 6.92 Å². The highest BCUT2D eigenvalue weighted by atomic mass is 35.5. The molecule has 76 valence electrons. The molecule has 0 aromatic carbocycles. The van der Waals surface area contributed by atoms with Crippen molar-refractivity contribution in [2.24, 2.45) is 0 Å². The molecule has 0 fully saturated rings. The van der Waals surface area contributed by atoms with E-state index in [1.807, 2.05) is 6.92 Å². The molecule has 0 aromatic rings. The van der Waals surface area contributed by atoms with E-state index in [9.17, 15) is 0 Å². The van der Waals surface area contributed by atoms with Crippen LogP contribution in [-0.4, -0.2) is 17.1 Å². The molecule has 1 nitrogen and oxygen atoms in total. The summed E-state index contributed by atoms with van der Waals surface area (Å²) in [7, 11) is 0. The number of ether oxygens (including phenoxy) is 1. The van der Waals surface area contributed by atoms with Crippen molar-refractivity contribution in [1.82, 2.24) is 0 Å². The molecule has 0 saturated carbocycles. The average Bonchev–Trinajstić information content (AvgIpc) is 1.53. The van der Waals surface area contributed by atoms with Gasteiger partial charge in [0.1, 0.15) is 0 Å². The van der Waals surface area contributed by atoms with Crippen LogP contribution in [0.5, 0.6) is 0 Å². The van der Waals surface area contributed by atoms with Crippen LogP contribution in [0, 0.1) is 0 Å². The van der Waals surface area contributed by atoms with Gasteiger partial charge in [-0.05, 0) is 41.5 Å². The molecule has 0 aliphatic rings. The lowest BCUT2D eigenvalue weighted by Crippen LogP contribution is -2.31. The Morgan fingerprint density at radius 3 is 1.08 bits per heavy atom. The van der Waals surface area contributed by atoms with Gasteiger partial charge in [0.25, 0.3) is 0 Å². The molecule has 0 bridgehead atoms. The molecule has 0 saturated heterocycles. The Hall–Kier alpha value is 0.250. The lowest BCUT2D eigenvalue weighted by Gasteiger charge is -2.30. The Bertz CT molecular complexity index is 85.4. The zero-order valence-corrected chi connectivity index (χ0v) is 10.2. The quantitative estimate of drug-likeness (QED) is 0.533. The topological polar surface area (TPSA) is 9.23 Å². The SMILES string of the molecule is CC(C)(C)OC(C)(C)C.CCCl. The molecule has 0 heterocycles. The number of alkyl halides is 1. The van der Waals surface area contributed by atoms with E-state index in [0.717, 1.165) is 5.88 Å². The zero-order valence-electron chi connectivity index (χ0n) is 9.49. The molecule has 0 N–H and O–H groups in total. The van der Waals surface area contributed by atoms with Crippen molar-refractivity contribution in [3.05, 3.63) is 0 Å². The summed E-state index contributed by atoms with van der Waals surface area (Å²) in [6.45, 7) is 14.3. The number of halogens is 1. The molecule has 0 spiro atoms.